The number of rotatable bonds is 6. The van der Waals surface area contributed by atoms with Crippen LogP contribution in [0, 0.1) is 6.92 Å². The second kappa shape index (κ2) is 8.62. The predicted octanol–water partition coefficient (Wildman–Crippen LogP) is 3.66. The fourth-order valence-electron chi connectivity index (χ4n) is 2.45. The van der Waals surface area contributed by atoms with E-state index in [2.05, 4.69) is 15.6 Å². The van der Waals surface area contributed by atoms with Crippen LogP contribution in [-0.2, 0) is 4.79 Å². The molecule has 0 fully saturated rings. The van der Waals surface area contributed by atoms with Crippen LogP contribution in [0.25, 0.3) is 0 Å². The Morgan fingerprint density at radius 3 is 2.56 bits per heavy atom. The maximum atomic E-state index is 12.5. The summed E-state index contributed by atoms with van der Waals surface area (Å²) in [6.45, 7) is 1.79. The monoisotopic (exact) mass is 361 g/mol. The summed E-state index contributed by atoms with van der Waals surface area (Å²) in [7, 11) is 0. The lowest BCUT2D eigenvalue weighted by molar-refractivity contribution is -0.118. The van der Waals surface area contributed by atoms with Crippen LogP contribution in [0.15, 0.2) is 72.9 Å². The van der Waals surface area contributed by atoms with Crippen molar-refractivity contribution in [2.75, 3.05) is 17.2 Å². The lowest BCUT2D eigenvalue weighted by Gasteiger charge is -2.12. The van der Waals surface area contributed by atoms with E-state index >= 15 is 0 Å². The van der Waals surface area contributed by atoms with Crippen molar-refractivity contribution in [3.63, 3.8) is 0 Å². The summed E-state index contributed by atoms with van der Waals surface area (Å²) in [6.07, 6.45) is 1.59. The Labute approximate surface area is 157 Å². The molecule has 0 aliphatic rings. The number of aryl methyl sites for hydroxylation is 1. The molecule has 6 heteroatoms. The SMILES string of the molecule is Cc1cccc(OCC(=O)Nc2ccccc2C(=O)Nc2ccccn2)c1. The van der Waals surface area contributed by atoms with Crippen LogP contribution in [0.4, 0.5) is 11.5 Å². The number of carbonyl (C=O) groups excluding carboxylic acids is 2. The van der Waals surface area contributed by atoms with E-state index in [1.165, 1.54) is 0 Å². The molecular weight excluding hydrogens is 342 g/mol. The summed E-state index contributed by atoms with van der Waals surface area (Å²) in [4.78, 5) is 28.8. The Kier molecular flexibility index (Phi) is 5.79. The van der Waals surface area contributed by atoms with Crippen LogP contribution in [0.3, 0.4) is 0 Å². The Bertz CT molecular complexity index is 942. The molecule has 3 rings (SSSR count). The molecular formula is C21H19N3O3. The third-order valence-electron chi connectivity index (χ3n) is 3.71. The average Bonchev–Trinajstić information content (AvgIpc) is 2.68. The minimum absolute atomic E-state index is 0.153. The predicted molar refractivity (Wildman–Crippen MR) is 104 cm³/mol. The summed E-state index contributed by atoms with van der Waals surface area (Å²) in [5.41, 5.74) is 1.79. The van der Waals surface area contributed by atoms with Gasteiger partial charge in [-0.05, 0) is 48.9 Å². The van der Waals surface area contributed by atoms with Gasteiger partial charge in [0.05, 0.1) is 11.3 Å². The first-order chi connectivity index (χ1) is 13.1. The fraction of sp³-hybridized carbons (Fsp3) is 0.0952. The van der Waals surface area contributed by atoms with E-state index < -0.39 is 0 Å². The minimum Gasteiger partial charge on any atom is -0.484 e. The molecule has 0 bridgehead atoms. The highest BCUT2D eigenvalue weighted by atomic mass is 16.5. The van der Waals surface area contributed by atoms with E-state index in [0.29, 0.717) is 22.8 Å². The molecule has 2 aromatic carbocycles. The normalized spacial score (nSPS) is 10.1. The molecule has 2 N–H and O–H groups in total. The van der Waals surface area contributed by atoms with Gasteiger partial charge < -0.3 is 15.4 Å². The number of anilines is 2. The van der Waals surface area contributed by atoms with Crippen molar-refractivity contribution in [2.24, 2.45) is 0 Å². The number of pyridine rings is 1. The molecule has 0 unspecified atom stereocenters. The van der Waals surface area contributed by atoms with Crippen LogP contribution >= 0.6 is 0 Å². The summed E-state index contributed by atoms with van der Waals surface area (Å²) in [5.74, 6) is 0.344. The zero-order valence-electron chi connectivity index (χ0n) is 14.8. The van der Waals surface area contributed by atoms with Gasteiger partial charge in [0, 0.05) is 6.20 Å². The molecule has 0 spiro atoms. The summed E-state index contributed by atoms with van der Waals surface area (Å²) < 4.78 is 5.49. The molecule has 6 nitrogen and oxygen atoms in total. The molecule has 1 heterocycles. The first kappa shape index (κ1) is 18.1. The highest BCUT2D eigenvalue weighted by molar-refractivity contribution is 6.09. The van der Waals surface area contributed by atoms with Gasteiger partial charge in [-0.15, -0.1) is 0 Å². The third kappa shape index (κ3) is 5.15. The Morgan fingerprint density at radius 1 is 0.963 bits per heavy atom. The van der Waals surface area contributed by atoms with Gasteiger partial charge in [-0.25, -0.2) is 4.98 Å². The topological polar surface area (TPSA) is 80.3 Å². The molecule has 136 valence electrons. The second-order valence-electron chi connectivity index (χ2n) is 5.87. The number of nitrogens with zero attached hydrogens (tertiary/aromatic N) is 1. The van der Waals surface area contributed by atoms with Gasteiger partial charge in [-0.1, -0.05) is 30.3 Å². The van der Waals surface area contributed by atoms with Crippen LogP contribution in [-0.4, -0.2) is 23.4 Å². The van der Waals surface area contributed by atoms with E-state index in [0.717, 1.165) is 5.56 Å². The van der Waals surface area contributed by atoms with Gasteiger partial charge in [0.1, 0.15) is 11.6 Å². The van der Waals surface area contributed by atoms with Crippen molar-refractivity contribution in [3.05, 3.63) is 84.1 Å². The van der Waals surface area contributed by atoms with Gasteiger partial charge >= 0.3 is 0 Å². The van der Waals surface area contributed by atoms with E-state index in [1.807, 2.05) is 25.1 Å². The molecule has 0 saturated heterocycles. The van der Waals surface area contributed by atoms with Gasteiger partial charge in [-0.2, -0.15) is 0 Å². The van der Waals surface area contributed by atoms with Crippen molar-refractivity contribution in [2.45, 2.75) is 6.92 Å². The number of hydrogen-bond acceptors (Lipinski definition) is 4. The molecule has 1 aromatic heterocycles. The number of amides is 2. The standard InChI is InChI=1S/C21H19N3O3/c1-15-7-6-8-16(13-15)27-14-20(25)23-18-10-3-2-9-17(18)21(26)24-19-11-4-5-12-22-19/h2-13H,14H2,1H3,(H,23,25)(H,22,24,26). The molecule has 0 atom stereocenters. The highest BCUT2D eigenvalue weighted by Gasteiger charge is 2.14. The zero-order valence-corrected chi connectivity index (χ0v) is 14.8. The molecule has 2 amide bonds. The van der Waals surface area contributed by atoms with Crippen molar-refractivity contribution >= 4 is 23.3 Å². The number of ether oxygens (including phenoxy) is 1. The van der Waals surface area contributed by atoms with E-state index in [1.54, 1.807) is 54.7 Å². The maximum absolute atomic E-state index is 12.5. The lowest BCUT2D eigenvalue weighted by Crippen LogP contribution is -2.23. The molecule has 27 heavy (non-hydrogen) atoms. The number of nitrogens with one attached hydrogen (secondary N) is 2. The summed E-state index contributed by atoms with van der Waals surface area (Å²) in [6, 6.07) is 19.4. The van der Waals surface area contributed by atoms with Crippen molar-refractivity contribution in [1.82, 2.24) is 4.98 Å². The summed E-state index contributed by atoms with van der Waals surface area (Å²) >= 11 is 0. The quantitative estimate of drug-likeness (QED) is 0.702. The maximum Gasteiger partial charge on any atom is 0.262 e. The lowest BCUT2D eigenvalue weighted by atomic mass is 10.1. The zero-order chi connectivity index (χ0) is 19.1. The minimum atomic E-state index is -0.357. The fourth-order valence-corrected chi connectivity index (χ4v) is 2.45. The summed E-state index contributed by atoms with van der Waals surface area (Å²) in [5, 5.41) is 5.42. The number of aromatic nitrogens is 1. The van der Waals surface area contributed by atoms with Crippen molar-refractivity contribution in [1.29, 1.82) is 0 Å². The average molecular weight is 361 g/mol. The van der Waals surface area contributed by atoms with E-state index in [-0.39, 0.29) is 18.4 Å². The Hall–Kier alpha value is -3.67. The Morgan fingerprint density at radius 2 is 1.78 bits per heavy atom. The molecule has 0 aliphatic heterocycles. The van der Waals surface area contributed by atoms with Gasteiger partial charge in [-0.3, -0.25) is 9.59 Å². The number of carbonyl (C=O) groups is 2. The number of benzene rings is 2. The van der Waals surface area contributed by atoms with Gasteiger partial charge in [0.25, 0.3) is 11.8 Å². The van der Waals surface area contributed by atoms with Gasteiger partial charge in [0.15, 0.2) is 6.61 Å². The molecule has 0 radical (unpaired) electrons. The van der Waals surface area contributed by atoms with Crippen molar-refractivity contribution < 1.29 is 14.3 Å². The van der Waals surface area contributed by atoms with Crippen LogP contribution in [0.2, 0.25) is 0 Å². The van der Waals surface area contributed by atoms with Crippen LogP contribution in [0.5, 0.6) is 5.75 Å². The van der Waals surface area contributed by atoms with Crippen molar-refractivity contribution in [3.8, 4) is 5.75 Å². The molecule has 0 saturated carbocycles. The number of para-hydroxylation sites is 1. The van der Waals surface area contributed by atoms with Gasteiger partial charge in [0.2, 0.25) is 0 Å². The van der Waals surface area contributed by atoms with Crippen LogP contribution in [0.1, 0.15) is 15.9 Å². The molecule has 3 aromatic rings. The second-order valence-corrected chi connectivity index (χ2v) is 5.87. The smallest absolute Gasteiger partial charge is 0.262 e. The van der Waals surface area contributed by atoms with Crippen LogP contribution < -0.4 is 15.4 Å². The highest BCUT2D eigenvalue weighted by Crippen LogP contribution is 2.17. The van der Waals surface area contributed by atoms with E-state index in [4.69, 9.17) is 4.74 Å². The molecule has 0 aliphatic carbocycles. The third-order valence-corrected chi connectivity index (χ3v) is 3.71. The number of hydrogen-bond donors (Lipinski definition) is 2. The van der Waals surface area contributed by atoms with E-state index in [9.17, 15) is 9.59 Å². The Balaban J connectivity index is 1.64. The largest absolute Gasteiger partial charge is 0.484 e. The first-order valence-electron chi connectivity index (χ1n) is 8.42. The first-order valence-corrected chi connectivity index (χ1v) is 8.42.